The van der Waals surface area contributed by atoms with Gasteiger partial charge in [0.05, 0.1) is 17.2 Å². The standard InChI is InChI=1S/C11H14ClNO3/c1-11(16,7-14)6-13-10(15)8-4-2-3-5-9(8)12/h2-5,14,16H,6-7H2,1H3,(H,13,15). The minimum atomic E-state index is -1.32. The molecule has 1 atom stereocenters. The summed E-state index contributed by atoms with van der Waals surface area (Å²) in [5.41, 5.74) is -0.977. The third-order valence-electron chi connectivity index (χ3n) is 2.09. The average Bonchev–Trinajstić information content (AvgIpc) is 2.27. The number of hydrogen-bond acceptors (Lipinski definition) is 3. The maximum atomic E-state index is 11.6. The van der Waals surface area contributed by atoms with Gasteiger partial charge in [0.2, 0.25) is 0 Å². The second-order valence-electron chi connectivity index (χ2n) is 3.82. The molecule has 1 aromatic carbocycles. The minimum Gasteiger partial charge on any atom is -0.393 e. The molecular formula is C11H14ClNO3. The van der Waals surface area contributed by atoms with Crippen molar-refractivity contribution in [3.63, 3.8) is 0 Å². The van der Waals surface area contributed by atoms with E-state index in [4.69, 9.17) is 16.7 Å². The van der Waals surface area contributed by atoms with E-state index in [1.54, 1.807) is 24.3 Å². The Labute approximate surface area is 98.9 Å². The van der Waals surface area contributed by atoms with E-state index >= 15 is 0 Å². The molecule has 0 aromatic heterocycles. The first-order valence-electron chi connectivity index (χ1n) is 4.82. The van der Waals surface area contributed by atoms with Gasteiger partial charge in [-0.05, 0) is 19.1 Å². The Morgan fingerprint density at radius 3 is 2.69 bits per heavy atom. The SMILES string of the molecule is CC(O)(CO)CNC(=O)c1ccccc1Cl. The number of carbonyl (C=O) groups is 1. The van der Waals surface area contributed by atoms with Gasteiger partial charge < -0.3 is 15.5 Å². The number of aliphatic hydroxyl groups excluding tert-OH is 1. The Morgan fingerprint density at radius 1 is 1.50 bits per heavy atom. The maximum Gasteiger partial charge on any atom is 0.252 e. The second-order valence-corrected chi connectivity index (χ2v) is 4.22. The van der Waals surface area contributed by atoms with Crippen LogP contribution in [0.5, 0.6) is 0 Å². The summed E-state index contributed by atoms with van der Waals surface area (Å²) in [5, 5.41) is 21.1. The Balaban J connectivity index is 2.64. The molecule has 1 rings (SSSR count). The summed E-state index contributed by atoms with van der Waals surface area (Å²) >= 11 is 5.83. The molecule has 1 aromatic rings. The molecule has 4 nitrogen and oxygen atoms in total. The lowest BCUT2D eigenvalue weighted by Gasteiger charge is -2.20. The van der Waals surface area contributed by atoms with E-state index in [2.05, 4.69) is 5.32 Å². The van der Waals surface area contributed by atoms with Crippen LogP contribution >= 0.6 is 11.6 Å². The smallest absolute Gasteiger partial charge is 0.252 e. The Kier molecular flexibility index (Phi) is 4.29. The fraction of sp³-hybridized carbons (Fsp3) is 0.364. The monoisotopic (exact) mass is 243 g/mol. The molecule has 1 amide bonds. The van der Waals surface area contributed by atoms with Crippen LogP contribution in [-0.4, -0.2) is 34.9 Å². The maximum absolute atomic E-state index is 11.6. The van der Waals surface area contributed by atoms with Crippen LogP contribution < -0.4 is 5.32 Å². The van der Waals surface area contributed by atoms with Crippen molar-refractivity contribution in [1.82, 2.24) is 5.32 Å². The van der Waals surface area contributed by atoms with Crippen LogP contribution in [0.1, 0.15) is 17.3 Å². The number of amides is 1. The van der Waals surface area contributed by atoms with Crippen molar-refractivity contribution in [2.75, 3.05) is 13.2 Å². The first-order chi connectivity index (χ1) is 7.46. The van der Waals surface area contributed by atoms with Crippen molar-refractivity contribution >= 4 is 17.5 Å². The van der Waals surface area contributed by atoms with E-state index in [1.165, 1.54) is 6.92 Å². The van der Waals surface area contributed by atoms with Crippen molar-refractivity contribution in [2.45, 2.75) is 12.5 Å². The van der Waals surface area contributed by atoms with E-state index < -0.39 is 12.2 Å². The number of aliphatic hydroxyl groups is 2. The van der Waals surface area contributed by atoms with Gasteiger partial charge in [-0.2, -0.15) is 0 Å². The molecule has 3 N–H and O–H groups in total. The summed E-state index contributed by atoms with van der Waals surface area (Å²) in [4.78, 5) is 11.6. The van der Waals surface area contributed by atoms with E-state index in [1.807, 2.05) is 0 Å². The summed E-state index contributed by atoms with van der Waals surface area (Å²) in [7, 11) is 0. The van der Waals surface area contributed by atoms with Crippen molar-refractivity contribution < 1.29 is 15.0 Å². The van der Waals surface area contributed by atoms with Crippen LogP contribution in [0.15, 0.2) is 24.3 Å². The van der Waals surface area contributed by atoms with Gasteiger partial charge >= 0.3 is 0 Å². The number of nitrogens with one attached hydrogen (secondary N) is 1. The van der Waals surface area contributed by atoms with Crippen molar-refractivity contribution in [3.05, 3.63) is 34.9 Å². The van der Waals surface area contributed by atoms with Crippen molar-refractivity contribution in [2.24, 2.45) is 0 Å². The van der Waals surface area contributed by atoms with Crippen molar-refractivity contribution in [3.8, 4) is 0 Å². The Hall–Kier alpha value is -1.10. The van der Waals surface area contributed by atoms with Gasteiger partial charge in [0.1, 0.15) is 5.60 Å². The van der Waals surface area contributed by atoms with Gasteiger partial charge in [-0.3, -0.25) is 4.79 Å². The number of carbonyl (C=O) groups excluding carboxylic acids is 1. The van der Waals surface area contributed by atoms with Crippen LogP contribution in [0, 0.1) is 0 Å². The number of rotatable bonds is 4. The molecule has 5 heteroatoms. The van der Waals surface area contributed by atoms with E-state index in [0.29, 0.717) is 10.6 Å². The van der Waals surface area contributed by atoms with Crippen LogP contribution in [0.25, 0.3) is 0 Å². The summed E-state index contributed by atoms with van der Waals surface area (Å²) in [6, 6.07) is 6.62. The number of benzene rings is 1. The van der Waals surface area contributed by atoms with E-state index in [0.717, 1.165) is 0 Å². The quantitative estimate of drug-likeness (QED) is 0.733. The summed E-state index contributed by atoms with van der Waals surface area (Å²) in [6.07, 6.45) is 0. The normalized spacial score (nSPS) is 14.2. The van der Waals surface area contributed by atoms with Gasteiger partial charge in [0.15, 0.2) is 0 Å². The molecule has 1 unspecified atom stereocenters. The highest BCUT2D eigenvalue weighted by Gasteiger charge is 2.20. The van der Waals surface area contributed by atoms with Crippen LogP contribution in [0.2, 0.25) is 5.02 Å². The zero-order valence-electron chi connectivity index (χ0n) is 8.90. The number of hydrogen-bond donors (Lipinski definition) is 3. The Morgan fingerprint density at radius 2 is 2.12 bits per heavy atom. The third kappa shape index (κ3) is 3.48. The number of halogens is 1. The molecule has 0 fully saturated rings. The predicted octanol–water partition coefficient (Wildman–Crippen LogP) is 0.813. The highest BCUT2D eigenvalue weighted by atomic mass is 35.5. The largest absolute Gasteiger partial charge is 0.393 e. The van der Waals surface area contributed by atoms with Crippen LogP contribution in [0.3, 0.4) is 0 Å². The van der Waals surface area contributed by atoms with Crippen LogP contribution in [0.4, 0.5) is 0 Å². The summed E-state index contributed by atoms with van der Waals surface area (Å²) in [5.74, 6) is -0.376. The average molecular weight is 244 g/mol. The summed E-state index contributed by atoms with van der Waals surface area (Å²) < 4.78 is 0. The minimum absolute atomic E-state index is 0.0342. The molecule has 0 saturated heterocycles. The molecule has 0 aliphatic heterocycles. The van der Waals surface area contributed by atoms with Crippen LogP contribution in [-0.2, 0) is 0 Å². The zero-order chi connectivity index (χ0) is 12.2. The second kappa shape index (κ2) is 5.30. The third-order valence-corrected chi connectivity index (χ3v) is 2.42. The van der Waals surface area contributed by atoms with Gasteiger partial charge in [-0.25, -0.2) is 0 Å². The molecule has 0 heterocycles. The molecule has 88 valence electrons. The fourth-order valence-corrected chi connectivity index (χ4v) is 1.29. The van der Waals surface area contributed by atoms with Gasteiger partial charge in [0.25, 0.3) is 5.91 Å². The molecule has 16 heavy (non-hydrogen) atoms. The molecule has 0 saturated carbocycles. The zero-order valence-corrected chi connectivity index (χ0v) is 9.66. The first-order valence-corrected chi connectivity index (χ1v) is 5.20. The lowest BCUT2D eigenvalue weighted by Crippen LogP contribution is -2.43. The van der Waals surface area contributed by atoms with Crippen molar-refractivity contribution in [1.29, 1.82) is 0 Å². The van der Waals surface area contributed by atoms with Gasteiger partial charge in [0, 0.05) is 6.54 Å². The topological polar surface area (TPSA) is 69.6 Å². The molecule has 0 radical (unpaired) electrons. The molecular weight excluding hydrogens is 230 g/mol. The highest BCUT2D eigenvalue weighted by molar-refractivity contribution is 6.33. The summed E-state index contributed by atoms with van der Waals surface area (Å²) in [6.45, 7) is 0.975. The fourth-order valence-electron chi connectivity index (χ4n) is 1.07. The van der Waals surface area contributed by atoms with Gasteiger partial charge in [-0.1, -0.05) is 23.7 Å². The molecule has 0 aliphatic rings. The molecule has 0 bridgehead atoms. The predicted molar refractivity (Wildman–Crippen MR) is 61.5 cm³/mol. The lowest BCUT2D eigenvalue weighted by atomic mass is 10.1. The lowest BCUT2D eigenvalue weighted by molar-refractivity contribution is 0.00320. The first kappa shape index (κ1) is 13.0. The van der Waals surface area contributed by atoms with Gasteiger partial charge in [-0.15, -0.1) is 0 Å². The van der Waals surface area contributed by atoms with E-state index in [-0.39, 0.29) is 12.5 Å². The molecule has 0 spiro atoms. The Bertz CT molecular complexity index is 379. The highest BCUT2D eigenvalue weighted by Crippen LogP contribution is 2.14. The van der Waals surface area contributed by atoms with E-state index in [9.17, 15) is 9.90 Å². The molecule has 0 aliphatic carbocycles.